The third-order valence-corrected chi connectivity index (χ3v) is 5.83. The molecule has 1 heterocycles. The van der Waals surface area contributed by atoms with Crippen LogP contribution in [0.5, 0.6) is 5.88 Å². The fourth-order valence-electron chi connectivity index (χ4n) is 3.30. The summed E-state index contributed by atoms with van der Waals surface area (Å²) in [6.07, 6.45) is 0.0305. The summed E-state index contributed by atoms with van der Waals surface area (Å²) in [5.41, 5.74) is -0.307. The molecule has 0 aliphatic rings. The van der Waals surface area contributed by atoms with E-state index in [9.17, 15) is 24.2 Å². The number of aliphatic hydroxyl groups is 1. The van der Waals surface area contributed by atoms with Gasteiger partial charge >= 0.3 is 5.97 Å². The van der Waals surface area contributed by atoms with Crippen LogP contribution >= 0.6 is 0 Å². The lowest BCUT2D eigenvalue weighted by molar-refractivity contribution is -0.137. The smallest absolute Gasteiger partial charge is 0.305 e. The minimum Gasteiger partial charge on any atom is -0.481 e. The summed E-state index contributed by atoms with van der Waals surface area (Å²) >= 11 is 0. The second-order valence-electron chi connectivity index (χ2n) is 8.99. The predicted molar refractivity (Wildman–Crippen MR) is 128 cm³/mol. The Morgan fingerprint density at radius 3 is 2.43 bits per heavy atom. The summed E-state index contributed by atoms with van der Waals surface area (Å²) in [6, 6.07) is 15.8. The van der Waals surface area contributed by atoms with Crippen molar-refractivity contribution in [3.8, 4) is 11.6 Å². The summed E-state index contributed by atoms with van der Waals surface area (Å²) in [5.74, 6) is -2.30. The number of aromatic nitrogens is 2. The molecule has 1 amide bonds. The average Bonchev–Trinajstić information content (AvgIpc) is 3.22. The van der Waals surface area contributed by atoms with Crippen molar-refractivity contribution < 1.29 is 28.9 Å². The summed E-state index contributed by atoms with van der Waals surface area (Å²) in [5, 5.41) is 26.8. The molecule has 3 rings (SSSR count). The number of carboxylic acids is 1. The molecular weight excluding hydrogens is 453 g/mol. The molecule has 1 aromatic heterocycles. The molecule has 3 N–H and O–H groups in total. The van der Waals surface area contributed by atoms with Crippen molar-refractivity contribution in [2.75, 3.05) is 6.61 Å². The summed E-state index contributed by atoms with van der Waals surface area (Å²) in [7, 11) is 0. The molecular formula is C26H30FN3O5. The van der Waals surface area contributed by atoms with Crippen LogP contribution in [0.15, 0.2) is 60.7 Å². The lowest BCUT2D eigenvalue weighted by Gasteiger charge is -2.27. The van der Waals surface area contributed by atoms with Crippen LogP contribution in [0.2, 0.25) is 0 Å². The fraction of sp³-hybridized carbons (Fsp3) is 0.346. The van der Waals surface area contributed by atoms with E-state index in [1.54, 1.807) is 13.0 Å². The van der Waals surface area contributed by atoms with Crippen molar-refractivity contribution in [2.24, 2.45) is 5.92 Å². The van der Waals surface area contributed by atoms with Gasteiger partial charge in [0, 0.05) is 12.1 Å². The number of carbonyl (C=O) groups excluding carboxylic acids is 1. The van der Waals surface area contributed by atoms with Crippen LogP contribution in [0.3, 0.4) is 0 Å². The molecule has 0 saturated heterocycles. The van der Waals surface area contributed by atoms with E-state index in [0.717, 1.165) is 10.2 Å². The standard InChI is InChI=1S/C26H30FN3O5/c1-17(2)26(3,34)16-35-23-15-21(29-30(23)22-12-8-7-11-20(22)27)25(33)28-19(14-24(31)32)13-18-9-5-4-6-10-18/h4-12,15,17,19,34H,13-14,16H2,1-3H3,(H,28,33)(H,31,32)/t19-,26-/m0/s1. The molecule has 2 aromatic carbocycles. The van der Waals surface area contributed by atoms with Gasteiger partial charge in [0.25, 0.3) is 5.91 Å². The minimum atomic E-state index is -1.17. The van der Waals surface area contributed by atoms with Gasteiger partial charge in [-0.1, -0.05) is 56.3 Å². The van der Waals surface area contributed by atoms with E-state index in [2.05, 4.69) is 10.4 Å². The van der Waals surface area contributed by atoms with E-state index in [4.69, 9.17) is 4.74 Å². The number of nitrogens with zero attached hydrogens (tertiary/aromatic N) is 2. The summed E-state index contributed by atoms with van der Waals surface area (Å²) < 4.78 is 21.5. The van der Waals surface area contributed by atoms with E-state index in [-0.39, 0.29) is 36.2 Å². The van der Waals surface area contributed by atoms with Crippen molar-refractivity contribution in [3.05, 3.63) is 77.7 Å². The number of hydrogen-bond acceptors (Lipinski definition) is 5. The number of nitrogens with one attached hydrogen (secondary N) is 1. The van der Waals surface area contributed by atoms with Gasteiger partial charge in [-0.3, -0.25) is 9.59 Å². The number of carboxylic acid groups (broad SMARTS) is 1. The number of benzene rings is 2. The topological polar surface area (TPSA) is 114 Å². The second kappa shape index (κ2) is 11.1. The van der Waals surface area contributed by atoms with Crippen molar-refractivity contribution in [3.63, 3.8) is 0 Å². The van der Waals surface area contributed by atoms with Crippen LogP contribution in [-0.4, -0.2) is 50.1 Å². The SMILES string of the molecule is CC(C)[C@@](C)(O)COc1cc(C(=O)N[C@H](CC(=O)O)Cc2ccccc2)nn1-c1ccccc1F. The molecule has 9 heteroatoms. The molecule has 0 radical (unpaired) electrons. The highest BCUT2D eigenvalue weighted by molar-refractivity contribution is 5.93. The zero-order valence-electron chi connectivity index (χ0n) is 19.9. The first kappa shape index (κ1) is 25.9. The van der Waals surface area contributed by atoms with Crippen LogP contribution in [0.1, 0.15) is 43.2 Å². The Kier molecular flexibility index (Phi) is 8.24. The van der Waals surface area contributed by atoms with Crippen LogP contribution in [-0.2, 0) is 11.2 Å². The number of ether oxygens (including phenoxy) is 1. The van der Waals surface area contributed by atoms with Crippen molar-refractivity contribution in [1.82, 2.24) is 15.1 Å². The maximum absolute atomic E-state index is 14.5. The van der Waals surface area contributed by atoms with E-state index in [1.165, 1.54) is 24.3 Å². The molecule has 0 spiro atoms. The number of amides is 1. The van der Waals surface area contributed by atoms with Crippen molar-refractivity contribution in [1.29, 1.82) is 0 Å². The lowest BCUT2D eigenvalue weighted by Crippen LogP contribution is -2.38. The van der Waals surface area contributed by atoms with Crippen LogP contribution < -0.4 is 10.1 Å². The molecule has 2 atom stereocenters. The molecule has 0 fully saturated rings. The molecule has 35 heavy (non-hydrogen) atoms. The Bertz CT molecular complexity index is 1160. The average molecular weight is 484 g/mol. The third-order valence-electron chi connectivity index (χ3n) is 5.83. The Labute approximate surface area is 203 Å². The molecule has 0 aliphatic heterocycles. The van der Waals surface area contributed by atoms with E-state index < -0.39 is 29.3 Å². The normalized spacial score (nSPS) is 13.8. The Morgan fingerprint density at radius 1 is 1.14 bits per heavy atom. The van der Waals surface area contributed by atoms with E-state index in [1.807, 2.05) is 44.2 Å². The molecule has 0 bridgehead atoms. The molecule has 0 unspecified atom stereocenters. The first-order valence-electron chi connectivity index (χ1n) is 11.3. The third kappa shape index (κ3) is 6.89. The van der Waals surface area contributed by atoms with Gasteiger partial charge in [0.15, 0.2) is 5.69 Å². The highest BCUT2D eigenvalue weighted by Crippen LogP contribution is 2.24. The largest absolute Gasteiger partial charge is 0.481 e. The minimum absolute atomic E-state index is 0.0668. The maximum atomic E-state index is 14.5. The van der Waals surface area contributed by atoms with E-state index >= 15 is 0 Å². The van der Waals surface area contributed by atoms with Crippen LogP contribution in [0, 0.1) is 11.7 Å². The van der Waals surface area contributed by atoms with Gasteiger partial charge < -0.3 is 20.3 Å². The van der Waals surface area contributed by atoms with Gasteiger partial charge in [-0.2, -0.15) is 9.78 Å². The summed E-state index contributed by atoms with van der Waals surface area (Å²) in [6.45, 7) is 5.19. The van der Waals surface area contributed by atoms with Gasteiger partial charge in [0.05, 0.1) is 12.0 Å². The zero-order valence-corrected chi connectivity index (χ0v) is 19.9. The van der Waals surface area contributed by atoms with Gasteiger partial charge in [-0.15, -0.1) is 0 Å². The monoisotopic (exact) mass is 483 g/mol. The predicted octanol–water partition coefficient (Wildman–Crippen LogP) is 3.61. The Hall–Kier alpha value is -3.72. The van der Waals surface area contributed by atoms with Crippen LogP contribution in [0.25, 0.3) is 5.69 Å². The highest BCUT2D eigenvalue weighted by Gasteiger charge is 2.28. The highest BCUT2D eigenvalue weighted by atomic mass is 19.1. The number of carbonyl (C=O) groups is 2. The fourth-order valence-corrected chi connectivity index (χ4v) is 3.30. The van der Waals surface area contributed by atoms with Gasteiger partial charge in [-0.05, 0) is 37.0 Å². The van der Waals surface area contributed by atoms with E-state index in [0.29, 0.717) is 6.42 Å². The Morgan fingerprint density at radius 2 is 1.80 bits per heavy atom. The maximum Gasteiger partial charge on any atom is 0.305 e. The van der Waals surface area contributed by atoms with Crippen LogP contribution in [0.4, 0.5) is 4.39 Å². The number of hydrogen-bond donors (Lipinski definition) is 3. The van der Waals surface area contributed by atoms with Gasteiger partial charge in [0.2, 0.25) is 5.88 Å². The molecule has 8 nitrogen and oxygen atoms in total. The molecule has 0 saturated carbocycles. The first-order valence-corrected chi connectivity index (χ1v) is 11.3. The van der Waals surface area contributed by atoms with Gasteiger partial charge in [0.1, 0.15) is 18.1 Å². The second-order valence-corrected chi connectivity index (χ2v) is 8.99. The van der Waals surface area contributed by atoms with Crippen molar-refractivity contribution >= 4 is 11.9 Å². The van der Waals surface area contributed by atoms with Gasteiger partial charge in [-0.25, -0.2) is 4.39 Å². The zero-order chi connectivity index (χ0) is 25.6. The number of halogens is 1. The quantitative estimate of drug-likeness (QED) is 0.384. The molecule has 0 aliphatic carbocycles. The number of aliphatic carboxylic acids is 1. The van der Waals surface area contributed by atoms with Crippen molar-refractivity contribution in [2.45, 2.75) is 45.3 Å². The lowest BCUT2D eigenvalue weighted by atomic mass is 9.94. The number of rotatable bonds is 11. The first-order chi connectivity index (χ1) is 16.6. The summed E-state index contributed by atoms with van der Waals surface area (Å²) in [4.78, 5) is 24.4. The molecule has 186 valence electrons. The Balaban J connectivity index is 1.88. The molecule has 3 aromatic rings. The number of para-hydroxylation sites is 1.